The van der Waals surface area contributed by atoms with Crippen molar-refractivity contribution in [1.29, 1.82) is 0 Å². The van der Waals surface area contributed by atoms with Gasteiger partial charge >= 0.3 is 0 Å². The third-order valence-electron chi connectivity index (χ3n) is 8.71. The van der Waals surface area contributed by atoms with Crippen LogP contribution in [0.5, 0.6) is 0 Å². The zero-order valence-corrected chi connectivity index (χ0v) is 15.1. The molecule has 4 aliphatic rings. The molecule has 0 N–H and O–H groups in total. The van der Waals surface area contributed by atoms with Crippen LogP contribution in [-0.4, -0.2) is 12.1 Å². The molecule has 4 aliphatic carbocycles. The lowest BCUT2D eigenvalue weighted by molar-refractivity contribution is -0.173. The summed E-state index contributed by atoms with van der Waals surface area (Å²) in [5, 5.41) is 0. The van der Waals surface area contributed by atoms with Crippen molar-refractivity contribution in [3.8, 4) is 0 Å². The molecule has 1 unspecified atom stereocenters. The van der Waals surface area contributed by atoms with Crippen molar-refractivity contribution < 1.29 is 9.59 Å². The Morgan fingerprint density at radius 2 is 1.83 bits per heavy atom. The van der Waals surface area contributed by atoms with Crippen molar-refractivity contribution in [2.75, 3.05) is 0 Å². The van der Waals surface area contributed by atoms with E-state index in [0.29, 0.717) is 41.8 Å². The number of hydrogen-bond donors (Lipinski definition) is 0. The third kappa shape index (κ3) is 2.05. The number of Topliss-reactive ketones (excluding diaryl/α,β-unsaturated/α-hetero) is 1. The molecule has 4 fully saturated rings. The molecule has 0 bridgehead atoms. The van der Waals surface area contributed by atoms with E-state index in [9.17, 15) is 9.59 Å². The first kappa shape index (κ1) is 15.8. The summed E-state index contributed by atoms with van der Waals surface area (Å²) in [5.74, 6) is 2.70. The molecule has 4 rings (SSSR count). The number of aldehydes is 1. The lowest BCUT2D eigenvalue weighted by atomic mass is 9.40. The minimum atomic E-state index is -0.183. The molecule has 4 saturated carbocycles. The largest absolute Gasteiger partial charge is 0.303 e. The van der Waals surface area contributed by atoms with Crippen molar-refractivity contribution in [1.82, 2.24) is 0 Å². The van der Waals surface area contributed by atoms with Crippen LogP contribution in [0.2, 0.25) is 0 Å². The highest BCUT2D eigenvalue weighted by molar-refractivity contribution is 5.82. The van der Waals surface area contributed by atoms with Crippen LogP contribution in [0.3, 0.4) is 0 Å². The summed E-state index contributed by atoms with van der Waals surface area (Å²) in [7, 11) is 0. The van der Waals surface area contributed by atoms with Crippen LogP contribution in [0.15, 0.2) is 0 Å². The molecule has 6 atom stereocenters. The first-order chi connectivity index (χ1) is 10.8. The summed E-state index contributed by atoms with van der Waals surface area (Å²) < 4.78 is 0. The van der Waals surface area contributed by atoms with Gasteiger partial charge in [-0.1, -0.05) is 27.2 Å². The predicted octanol–water partition coefficient (Wildman–Crippen LogP) is 4.80. The molecular weight excluding hydrogens is 284 g/mol. The van der Waals surface area contributed by atoms with E-state index >= 15 is 0 Å². The highest BCUT2D eigenvalue weighted by atomic mass is 16.1. The van der Waals surface area contributed by atoms with Gasteiger partial charge in [0, 0.05) is 18.3 Å². The van der Waals surface area contributed by atoms with E-state index in [4.69, 9.17) is 0 Å². The van der Waals surface area contributed by atoms with Gasteiger partial charge in [-0.25, -0.2) is 0 Å². The average Bonchev–Trinajstić information content (AvgIpc) is 2.88. The number of ketones is 1. The van der Waals surface area contributed by atoms with Crippen LogP contribution in [-0.2, 0) is 9.59 Å². The van der Waals surface area contributed by atoms with Gasteiger partial charge in [-0.2, -0.15) is 0 Å². The lowest BCUT2D eigenvalue weighted by Crippen LogP contribution is -2.60. The number of carbonyl (C=O) groups is 2. The maximum atomic E-state index is 12.3. The summed E-state index contributed by atoms with van der Waals surface area (Å²) in [5.41, 5.74) is 0.605. The Bertz CT molecular complexity index is 536. The van der Waals surface area contributed by atoms with E-state index in [2.05, 4.69) is 20.8 Å². The standard InChI is InChI=1S/C21H32O2/c1-19(2)12-14-11-15(23)6-10-21(14,13-22)17-7-9-20(3)8-4-5-16(20)18(17)19/h13-14,16-18H,4-12H2,1-3H3/t14?,16-,17+,18-,20-,21+/m0/s1. The Balaban J connectivity index is 1.78. The van der Waals surface area contributed by atoms with E-state index in [-0.39, 0.29) is 10.8 Å². The zero-order chi connectivity index (χ0) is 16.5. The van der Waals surface area contributed by atoms with Gasteiger partial charge in [0.25, 0.3) is 0 Å². The van der Waals surface area contributed by atoms with Gasteiger partial charge in [0.15, 0.2) is 0 Å². The van der Waals surface area contributed by atoms with Crippen molar-refractivity contribution in [2.45, 2.75) is 78.6 Å². The summed E-state index contributed by atoms with van der Waals surface area (Å²) in [6.45, 7) is 7.38. The quantitative estimate of drug-likeness (QED) is 0.651. The molecule has 0 spiro atoms. The molecule has 0 aromatic rings. The van der Waals surface area contributed by atoms with Gasteiger partial charge in [-0.15, -0.1) is 0 Å². The first-order valence-electron chi connectivity index (χ1n) is 9.80. The fraction of sp³-hybridized carbons (Fsp3) is 0.905. The third-order valence-corrected chi connectivity index (χ3v) is 8.71. The molecule has 0 aromatic heterocycles. The molecule has 128 valence electrons. The maximum Gasteiger partial charge on any atom is 0.133 e. The number of hydrogen-bond acceptors (Lipinski definition) is 2. The fourth-order valence-electron chi connectivity index (χ4n) is 7.71. The lowest BCUT2D eigenvalue weighted by Gasteiger charge is -2.64. The maximum absolute atomic E-state index is 12.3. The van der Waals surface area contributed by atoms with Gasteiger partial charge in [0.2, 0.25) is 0 Å². The van der Waals surface area contributed by atoms with E-state index in [0.717, 1.165) is 18.8 Å². The highest BCUT2D eigenvalue weighted by Crippen LogP contribution is 2.69. The summed E-state index contributed by atoms with van der Waals surface area (Å²) in [6.07, 6.45) is 11.1. The van der Waals surface area contributed by atoms with Gasteiger partial charge in [-0.3, -0.25) is 4.79 Å². The molecule has 0 saturated heterocycles. The van der Waals surface area contributed by atoms with Crippen molar-refractivity contribution in [2.24, 2.45) is 39.9 Å². The van der Waals surface area contributed by atoms with E-state index in [1.54, 1.807) is 0 Å². The number of rotatable bonds is 1. The molecule has 0 aliphatic heterocycles. The summed E-state index contributed by atoms with van der Waals surface area (Å²) in [4.78, 5) is 24.4. The number of carbonyl (C=O) groups excluding carboxylic acids is 2. The molecule has 0 aromatic carbocycles. The minimum absolute atomic E-state index is 0.183. The van der Waals surface area contributed by atoms with E-state index < -0.39 is 0 Å². The molecule has 2 nitrogen and oxygen atoms in total. The molecule has 0 heterocycles. The fourth-order valence-corrected chi connectivity index (χ4v) is 7.71. The average molecular weight is 316 g/mol. The molecule has 0 amide bonds. The Hall–Kier alpha value is -0.660. The van der Waals surface area contributed by atoms with Gasteiger partial charge in [0.05, 0.1) is 0 Å². The second kappa shape index (κ2) is 4.92. The smallest absolute Gasteiger partial charge is 0.133 e. The van der Waals surface area contributed by atoms with Gasteiger partial charge < -0.3 is 4.79 Å². The van der Waals surface area contributed by atoms with Crippen molar-refractivity contribution in [3.05, 3.63) is 0 Å². The van der Waals surface area contributed by atoms with Crippen LogP contribution in [0.1, 0.15) is 78.6 Å². The van der Waals surface area contributed by atoms with Gasteiger partial charge in [0.1, 0.15) is 12.1 Å². The zero-order valence-electron chi connectivity index (χ0n) is 15.1. The van der Waals surface area contributed by atoms with Crippen LogP contribution < -0.4 is 0 Å². The normalized spacial score (nSPS) is 51.5. The van der Waals surface area contributed by atoms with Crippen LogP contribution in [0.25, 0.3) is 0 Å². The van der Waals surface area contributed by atoms with Crippen molar-refractivity contribution in [3.63, 3.8) is 0 Å². The minimum Gasteiger partial charge on any atom is -0.303 e. The van der Waals surface area contributed by atoms with Crippen LogP contribution >= 0.6 is 0 Å². The Morgan fingerprint density at radius 3 is 2.57 bits per heavy atom. The highest BCUT2D eigenvalue weighted by Gasteiger charge is 2.64. The Labute approximate surface area is 140 Å². The predicted molar refractivity (Wildman–Crippen MR) is 90.9 cm³/mol. The SMILES string of the molecule is CC1(C)CC2CC(=O)CC[C@]2(C=O)[C@@H]2CC[C@]3(C)CCC[C@H]3[C@@H]21. The second-order valence-electron chi connectivity index (χ2n) is 10.2. The van der Waals surface area contributed by atoms with Crippen LogP contribution in [0, 0.1) is 39.9 Å². The summed E-state index contributed by atoms with van der Waals surface area (Å²) >= 11 is 0. The van der Waals surface area contributed by atoms with Crippen LogP contribution in [0.4, 0.5) is 0 Å². The summed E-state index contributed by atoms with van der Waals surface area (Å²) in [6, 6.07) is 0. The molecule has 0 radical (unpaired) electrons. The molecular formula is C21H32O2. The van der Waals surface area contributed by atoms with Gasteiger partial charge in [-0.05, 0) is 73.0 Å². The first-order valence-corrected chi connectivity index (χ1v) is 9.80. The topological polar surface area (TPSA) is 34.1 Å². The number of fused-ring (bicyclic) bond motifs is 5. The van der Waals surface area contributed by atoms with E-state index in [1.165, 1.54) is 38.4 Å². The monoisotopic (exact) mass is 316 g/mol. The van der Waals surface area contributed by atoms with Crippen molar-refractivity contribution >= 4 is 12.1 Å². The molecule has 23 heavy (non-hydrogen) atoms. The Kier molecular flexibility index (Phi) is 3.39. The van der Waals surface area contributed by atoms with E-state index in [1.807, 2.05) is 0 Å². The molecule has 2 heteroatoms. The second-order valence-corrected chi connectivity index (χ2v) is 10.2. The Morgan fingerprint density at radius 1 is 1.04 bits per heavy atom.